The average molecular weight is 231 g/mol. The topological polar surface area (TPSA) is 12.0 Å². The molecule has 1 heterocycles. The monoisotopic (exact) mass is 231 g/mol. The Kier molecular flexibility index (Phi) is 4.22. The first-order valence-electron chi connectivity index (χ1n) is 6.98. The molecule has 1 aromatic carbocycles. The highest BCUT2D eigenvalue weighted by molar-refractivity contribution is 5.30. The molecule has 1 nitrogen and oxygen atoms in total. The lowest BCUT2D eigenvalue weighted by molar-refractivity contribution is 0.294. The number of hydrogen-bond acceptors (Lipinski definition) is 1. The maximum Gasteiger partial charge on any atom is 0.0110 e. The van der Waals surface area contributed by atoms with E-state index in [1.54, 1.807) is 0 Å². The molecule has 1 aromatic rings. The summed E-state index contributed by atoms with van der Waals surface area (Å²) in [7, 11) is 0. The summed E-state index contributed by atoms with van der Waals surface area (Å²) in [5, 5.41) is 3.67. The average Bonchev–Trinajstić information content (AvgIpc) is 2.34. The lowest BCUT2D eigenvalue weighted by atomic mass is 9.87. The Morgan fingerprint density at radius 3 is 2.76 bits per heavy atom. The van der Waals surface area contributed by atoms with Crippen molar-refractivity contribution >= 4 is 0 Å². The third-order valence-corrected chi connectivity index (χ3v) is 4.23. The first-order chi connectivity index (χ1) is 8.19. The summed E-state index contributed by atoms with van der Waals surface area (Å²) >= 11 is 0. The van der Waals surface area contributed by atoms with E-state index in [-0.39, 0.29) is 0 Å². The van der Waals surface area contributed by atoms with E-state index in [1.807, 2.05) is 0 Å². The predicted octanol–water partition coefficient (Wildman–Crippen LogP) is 3.62. The van der Waals surface area contributed by atoms with E-state index in [4.69, 9.17) is 0 Å². The molecular formula is C16H25N. The van der Waals surface area contributed by atoms with Crippen LogP contribution in [-0.2, 0) is 6.42 Å². The Morgan fingerprint density at radius 1 is 1.24 bits per heavy atom. The molecule has 1 saturated heterocycles. The van der Waals surface area contributed by atoms with Gasteiger partial charge in [0, 0.05) is 6.04 Å². The summed E-state index contributed by atoms with van der Waals surface area (Å²) in [6.45, 7) is 7.92. The van der Waals surface area contributed by atoms with Gasteiger partial charge in [-0.1, -0.05) is 31.5 Å². The third kappa shape index (κ3) is 3.32. The fourth-order valence-corrected chi connectivity index (χ4v) is 2.84. The van der Waals surface area contributed by atoms with E-state index in [9.17, 15) is 0 Å². The van der Waals surface area contributed by atoms with Gasteiger partial charge in [-0.05, 0) is 62.3 Å². The van der Waals surface area contributed by atoms with Crippen molar-refractivity contribution in [1.29, 1.82) is 0 Å². The molecule has 0 amide bonds. The molecule has 0 spiro atoms. The van der Waals surface area contributed by atoms with Crippen LogP contribution in [0.15, 0.2) is 18.2 Å². The van der Waals surface area contributed by atoms with Crippen LogP contribution in [0, 0.1) is 19.8 Å². The molecule has 2 unspecified atom stereocenters. The van der Waals surface area contributed by atoms with Crippen LogP contribution in [0.25, 0.3) is 0 Å². The molecule has 0 radical (unpaired) electrons. The predicted molar refractivity (Wildman–Crippen MR) is 74.4 cm³/mol. The molecule has 17 heavy (non-hydrogen) atoms. The Labute approximate surface area is 106 Å². The number of nitrogens with one attached hydrogen (secondary N) is 1. The van der Waals surface area contributed by atoms with Crippen LogP contribution in [0.4, 0.5) is 0 Å². The number of aryl methyl sites for hydroxylation is 2. The lowest BCUT2D eigenvalue weighted by Gasteiger charge is -2.30. The molecule has 1 aliphatic heterocycles. The Hall–Kier alpha value is -0.820. The lowest BCUT2D eigenvalue weighted by Crippen LogP contribution is -2.39. The van der Waals surface area contributed by atoms with E-state index in [0.29, 0.717) is 6.04 Å². The van der Waals surface area contributed by atoms with E-state index in [2.05, 4.69) is 44.3 Å². The smallest absolute Gasteiger partial charge is 0.0110 e. The van der Waals surface area contributed by atoms with E-state index in [0.717, 1.165) is 5.92 Å². The minimum absolute atomic E-state index is 0.691. The Bertz CT molecular complexity index is 370. The zero-order chi connectivity index (χ0) is 12.3. The van der Waals surface area contributed by atoms with Gasteiger partial charge in [-0.2, -0.15) is 0 Å². The number of benzene rings is 1. The Morgan fingerprint density at radius 2 is 2.06 bits per heavy atom. The maximum atomic E-state index is 3.67. The zero-order valence-corrected chi connectivity index (χ0v) is 11.4. The van der Waals surface area contributed by atoms with E-state index >= 15 is 0 Å². The highest BCUT2D eigenvalue weighted by Crippen LogP contribution is 2.22. The molecule has 1 aliphatic rings. The first kappa shape index (κ1) is 12.6. The molecule has 0 aliphatic carbocycles. The van der Waals surface area contributed by atoms with Crippen molar-refractivity contribution in [2.24, 2.45) is 5.92 Å². The molecule has 94 valence electrons. The maximum absolute atomic E-state index is 3.67. The highest BCUT2D eigenvalue weighted by Gasteiger charge is 2.20. The van der Waals surface area contributed by atoms with Crippen LogP contribution in [-0.4, -0.2) is 12.6 Å². The number of hydrogen-bond donors (Lipinski definition) is 1. The summed E-state index contributed by atoms with van der Waals surface area (Å²) in [6.07, 6.45) is 5.24. The van der Waals surface area contributed by atoms with Crippen LogP contribution >= 0.6 is 0 Å². The van der Waals surface area contributed by atoms with Gasteiger partial charge in [0.2, 0.25) is 0 Å². The van der Waals surface area contributed by atoms with E-state index < -0.39 is 0 Å². The SMILES string of the molecule is CCC1CCNC(Cc2ccc(C)c(C)c2)C1. The van der Waals surface area contributed by atoms with Crippen molar-refractivity contribution in [2.75, 3.05) is 6.54 Å². The number of piperidine rings is 1. The Balaban J connectivity index is 1.97. The van der Waals surface area contributed by atoms with E-state index in [1.165, 1.54) is 48.9 Å². The molecule has 1 heteroatoms. The minimum atomic E-state index is 0.691. The summed E-state index contributed by atoms with van der Waals surface area (Å²) in [5.74, 6) is 0.938. The molecule has 2 atom stereocenters. The van der Waals surface area contributed by atoms with Gasteiger partial charge in [0.1, 0.15) is 0 Å². The van der Waals surface area contributed by atoms with Gasteiger partial charge in [-0.15, -0.1) is 0 Å². The largest absolute Gasteiger partial charge is 0.314 e. The molecular weight excluding hydrogens is 206 g/mol. The second-order valence-electron chi connectivity index (χ2n) is 5.57. The van der Waals surface area contributed by atoms with Crippen molar-refractivity contribution in [3.8, 4) is 0 Å². The summed E-state index contributed by atoms with van der Waals surface area (Å²) < 4.78 is 0. The fourth-order valence-electron chi connectivity index (χ4n) is 2.84. The van der Waals surface area contributed by atoms with Crippen LogP contribution in [0.3, 0.4) is 0 Å². The van der Waals surface area contributed by atoms with Gasteiger partial charge in [-0.3, -0.25) is 0 Å². The van der Waals surface area contributed by atoms with Crippen LogP contribution < -0.4 is 5.32 Å². The van der Waals surface area contributed by atoms with Crippen LogP contribution in [0.2, 0.25) is 0 Å². The quantitative estimate of drug-likeness (QED) is 0.837. The van der Waals surface area contributed by atoms with Crippen molar-refractivity contribution < 1.29 is 0 Å². The van der Waals surface area contributed by atoms with Gasteiger partial charge in [0.15, 0.2) is 0 Å². The molecule has 0 aromatic heterocycles. The third-order valence-electron chi connectivity index (χ3n) is 4.23. The van der Waals surface area contributed by atoms with Gasteiger partial charge in [0.25, 0.3) is 0 Å². The first-order valence-corrected chi connectivity index (χ1v) is 6.98. The van der Waals surface area contributed by atoms with Crippen LogP contribution in [0.1, 0.15) is 42.9 Å². The second kappa shape index (κ2) is 5.68. The van der Waals surface area contributed by atoms with Gasteiger partial charge >= 0.3 is 0 Å². The van der Waals surface area contributed by atoms with Crippen molar-refractivity contribution in [1.82, 2.24) is 5.32 Å². The zero-order valence-electron chi connectivity index (χ0n) is 11.4. The molecule has 2 rings (SSSR count). The molecule has 1 N–H and O–H groups in total. The van der Waals surface area contributed by atoms with Gasteiger partial charge in [0.05, 0.1) is 0 Å². The van der Waals surface area contributed by atoms with Gasteiger partial charge < -0.3 is 5.32 Å². The fraction of sp³-hybridized carbons (Fsp3) is 0.625. The molecule has 0 saturated carbocycles. The standard InChI is InChI=1S/C16H25N/c1-4-14-7-8-17-16(10-14)11-15-6-5-12(2)13(3)9-15/h5-6,9,14,16-17H,4,7-8,10-11H2,1-3H3. The minimum Gasteiger partial charge on any atom is -0.314 e. The van der Waals surface area contributed by atoms with Crippen molar-refractivity contribution in [2.45, 2.75) is 52.5 Å². The number of rotatable bonds is 3. The molecule has 1 fully saturated rings. The van der Waals surface area contributed by atoms with Gasteiger partial charge in [-0.25, -0.2) is 0 Å². The van der Waals surface area contributed by atoms with Crippen LogP contribution in [0.5, 0.6) is 0 Å². The van der Waals surface area contributed by atoms with Crippen molar-refractivity contribution in [3.63, 3.8) is 0 Å². The molecule has 0 bridgehead atoms. The highest BCUT2D eigenvalue weighted by atomic mass is 14.9. The summed E-state index contributed by atoms with van der Waals surface area (Å²) in [5.41, 5.74) is 4.31. The second-order valence-corrected chi connectivity index (χ2v) is 5.57. The van der Waals surface area contributed by atoms with Crippen molar-refractivity contribution in [3.05, 3.63) is 34.9 Å². The normalized spacial score (nSPS) is 24.9. The summed E-state index contributed by atoms with van der Waals surface area (Å²) in [6, 6.07) is 7.59. The summed E-state index contributed by atoms with van der Waals surface area (Å²) in [4.78, 5) is 0.